The molecule has 1 saturated carbocycles. The lowest BCUT2D eigenvalue weighted by Crippen LogP contribution is -2.48. The highest BCUT2D eigenvalue weighted by Crippen LogP contribution is 2.53. The fourth-order valence-corrected chi connectivity index (χ4v) is 3.77. The van der Waals surface area contributed by atoms with E-state index in [9.17, 15) is 0 Å². The predicted octanol–water partition coefficient (Wildman–Crippen LogP) is 4.60. The van der Waals surface area contributed by atoms with Crippen molar-refractivity contribution < 1.29 is 0 Å². The van der Waals surface area contributed by atoms with Crippen LogP contribution in [0.25, 0.3) is 0 Å². The van der Waals surface area contributed by atoms with Crippen LogP contribution in [-0.2, 0) is 0 Å². The van der Waals surface area contributed by atoms with Crippen LogP contribution in [0.2, 0.25) is 0 Å². The zero-order chi connectivity index (χ0) is 10.9. The highest BCUT2D eigenvalue weighted by Gasteiger charge is 2.47. The Morgan fingerprint density at radius 2 is 1.43 bits per heavy atom. The number of rotatable bonds is 4. The van der Waals surface area contributed by atoms with E-state index in [1.54, 1.807) is 0 Å². The van der Waals surface area contributed by atoms with Gasteiger partial charge in [-0.3, -0.25) is 0 Å². The van der Waals surface area contributed by atoms with E-state index in [4.69, 9.17) is 0 Å². The molecule has 0 aromatic rings. The molecule has 1 aliphatic carbocycles. The van der Waals surface area contributed by atoms with Crippen LogP contribution in [0.15, 0.2) is 0 Å². The van der Waals surface area contributed by atoms with Crippen molar-refractivity contribution in [1.82, 2.24) is 0 Å². The quantitative estimate of drug-likeness (QED) is 0.616. The van der Waals surface area contributed by atoms with E-state index >= 15 is 0 Å². The van der Waals surface area contributed by atoms with Gasteiger partial charge in [-0.25, -0.2) is 0 Å². The molecule has 5 atom stereocenters. The predicted molar refractivity (Wildman–Crippen MR) is 64.2 cm³/mol. The van der Waals surface area contributed by atoms with Crippen molar-refractivity contribution in [3.8, 4) is 0 Å². The lowest BCUT2D eigenvalue weighted by Gasteiger charge is -2.54. The van der Waals surface area contributed by atoms with E-state index in [0.29, 0.717) is 0 Å². The van der Waals surface area contributed by atoms with Gasteiger partial charge in [0.25, 0.3) is 0 Å². The van der Waals surface area contributed by atoms with Gasteiger partial charge >= 0.3 is 0 Å². The third-order valence-corrected chi connectivity index (χ3v) is 4.93. The van der Waals surface area contributed by atoms with E-state index < -0.39 is 0 Å². The van der Waals surface area contributed by atoms with Crippen LogP contribution >= 0.6 is 0 Å². The Balaban J connectivity index is 2.62. The first-order chi connectivity index (χ1) is 6.54. The molecule has 0 N–H and O–H groups in total. The minimum absolute atomic E-state index is 0.856. The van der Waals surface area contributed by atoms with Gasteiger partial charge in [0.2, 0.25) is 0 Å². The highest BCUT2D eigenvalue weighted by atomic mass is 14.5. The first-order valence-corrected chi connectivity index (χ1v) is 6.54. The summed E-state index contributed by atoms with van der Waals surface area (Å²) in [5.74, 6) is 5.79. The van der Waals surface area contributed by atoms with Gasteiger partial charge in [-0.05, 0) is 35.5 Å². The fourth-order valence-electron chi connectivity index (χ4n) is 3.77. The zero-order valence-electron chi connectivity index (χ0n) is 10.9. The van der Waals surface area contributed by atoms with Gasteiger partial charge in [0, 0.05) is 0 Å². The second-order valence-electron chi connectivity index (χ2n) is 5.68. The lowest BCUT2D eigenvalue weighted by molar-refractivity contribution is -0.0609. The maximum absolute atomic E-state index is 2.48. The van der Waals surface area contributed by atoms with E-state index in [2.05, 4.69) is 41.5 Å². The molecule has 0 heteroatoms. The Labute approximate surface area is 90.5 Å². The van der Waals surface area contributed by atoms with Crippen molar-refractivity contribution in [1.29, 1.82) is 0 Å². The molecule has 1 rings (SSSR count). The molecular formula is C14H28. The van der Waals surface area contributed by atoms with Gasteiger partial charge in [-0.2, -0.15) is 0 Å². The Hall–Kier alpha value is 0. The largest absolute Gasteiger partial charge is 0.0651 e. The summed E-state index contributed by atoms with van der Waals surface area (Å²) in [5, 5.41) is 0. The van der Waals surface area contributed by atoms with Gasteiger partial charge in [0.1, 0.15) is 0 Å². The molecule has 1 aliphatic rings. The molecular weight excluding hydrogens is 168 g/mol. The summed E-state index contributed by atoms with van der Waals surface area (Å²) in [6, 6.07) is 0. The maximum atomic E-state index is 2.48. The summed E-state index contributed by atoms with van der Waals surface area (Å²) >= 11 is 0. The molecule has 0 saturated heterocycles. The van der Waals surface area contributed by atoms with Crippen LogP contribution in [0.4, 0.5) is 0 Å². The summed E-state index contributed by atoms with van der Waals surface area (Å²) in [6.45, 7) is 14.4. The third-order valence-electron chi connectivity index (χ3n) is 4.93. The minimum Gasteiger partial charge on any atom is -0.0651 e. The van der Waals surface area contributed by atoms with Crippen LogP contribution in [0.3, 0.4) is 0 Å². The number of hydrogen-bond donors (Lipinski definition) is 0. The van der Waals surface area contributed by atoms with Crippen LogP contribution in [-0.4, -0.2) is 0 Å². The normalized spacial score (nSPS) is 39.6. The van der Waals surface area contributed by atoms with E-state index in [1.807, 2.05) is 0 Å². The molecule has 0 aromatic heterocycles. The molecule has 0 spiro atoms. The molecule has 0 aliphatic heterocycles. The molecule has 14 heavy (non-hydrogen) atoms. The molecule has 5 unspecified atom stereocenters. The Kier molecular flexibility index (Phi) is 4.04. The maximum Gasteiger partial charge on any atom is -0.0326 e. The van der Waals surface area contributed by atoms with Crippen LogP contribution in [0, 0.1) is 35.5 Å². The van der Waals surface area contributed by atoms with Crippen molar-refractivity contribution in [3.63, 3.8) is 0 Å². The average Bonchev–Trinajstić information content (AvgIpc) is 2.14. The molecule has 84 valence electrons. The summed E-state index contributed by atoms with van der Waals surface area (Å²) in [5.41, 5.74) is 0. The highest BCUT2D eigenvalue weighted by molar-refractivity contribution is 4.96. The average molecular weight is 196 g/mol. The molecule has 0 amide bonds. The Morgan fingerprint density at radius 3 is 1.79 bits per heavy atom. The van der Waals surface area contributed by atoms with Crippen molar-refractivity contribution in [3.05, 3.63) is 0 Å². The van der Waals surface area contributed by atoms with E-state index in [1.165, 1.54) is 12.8 Å². The summed E-state index contributed by atoms with van der Waals surface area (Å²) in [6.07, 6.45) is 2.78. The van der Waals surface area contributed by atoms with Gasteiger partial charge in [0.15, 0.2) is 0 Å². The van der Waals surface area contributed by atoms with Crippen molar-refractivity contribution in [2.75, 3.05) is 0 Å². The van der Waals surface area contributed by atoms with Crippen LogP contribution in [0.1, 0.15) is 54.4 Å². The van der Waals surface area contributed by atoms with Gasteiger partial charge in [-0.1, -0.05) is 54.4 Å². The minimum atomic E-state index is 0.856. The SMILES string of the molecule is CCC1C(C)C(C(C)C(C)C)C1CC. The molecule has 0 aromatic carbocycles. The zero-order valence-corrected chi connectivity index (χ0v) is 10.9. The summed E-state index contributed by atoms with van der Waals surface area (Å²) in [7, 11) is 0. The molecule has 0 radical (unpaired) electrons. The second kappa shape index (κ2) is 4.68. The molecule has 1 fully saturated rings. The monoisotopic (exact) mass is 196 g/mol. The topological polar surface area (TPSA) is 0 Å². The van der Waals surface area contributed by atoms with E-state index in [0.717, 1.165) is 35.5 Å². The standard InChI is InChI=1S/C14H28/c1-7-12-11(6)14(13(12)8-2)10(5)9(3)4/h9-14H,7-8H2,1-6H3. The Morgan fingerprint density at radius 1 is 0.929 bits per heavy atom. The molecule has 0 nitrogen and oxygen atoms in total. The van der Waals surface area contributed by atoms with Gasteiger partial charge in [-0.15, -0.1) is 0 Å². The second-order valence-corrected chi connectivity index (χ2v) is 5.68. The Bertz CT molecular complexity index is 171. The summed E-state index contributed by atoms with van der Waals surface area (Å²) < 4.78 is 0. The lowest BCUT2D eigenvalue weighted by atomic mass is 9.51. The third kappa shape index (κ3) is 1.85. The fraction of sp³-hybridized carbons (Fsp3) is 1.00. The molecule has 0 heterocycles. The van der Waals surface area contributed by atoms with Gasteiger partial charge in [0.05, 0.1) is 0 Å². The van der Waals surface area contributed by atoms with Crippen molar-refractivity contribution >= 4 is 0 Å². The first-order valence-electron chi connectivity index (χ1n) is 6.54. The van der Waals surface area contributed by atoms with Crippen molar-refractivity contribution in [2.45, 2.75) is 54.4 Å². The van der Waals surface area contributed by atoms with Gasteiger partial charge < -0.3 is 0 Å². The number of hydrogen-bond acceptors (Lipinski definition) is 0. The van der Waals surface area contributed by atoms with Crippen LogP contribution < -0.4 is 0 Å². The van der Waals surface area contributed by atoms with Crippen LogP contribution in [0.5, 0.6) is 0 Å². The summed E-state index contributed by atoms with van der Waals surface area (Å²) in [4.78, 5) is 0. The van der Waals surface area contributed by atoms with E-state index in [-0.39, 0.29) is 0 Å². The molecule has 0 bridgehead atoms. The smallest absolute Gasteiger partial charge is 0.0326 e. The van der Waals surface area contributed by atoms with Crippen molar-refractivity contribution in [2.24, 2.45) is 35.5 Å². The first kappa shape index (κ1) is 12.1.